The van der Waals surface area contributed by atoms with Crippen LogP contribution in [-0.2, 0) is 6.54 Å². The molecule has 0 aliphatic rings. The molecular formula is C14H13F2NO. The maximum absolute atomic E-state index is 13.7. The first-order chi connectivity index (χ1) is 8.58. The molecule has 4 heteroatoms. The van der Waals surface area contributed by atoms with E-state index in [0.29, 0.717) is 5.56 Å². The van der Waals surface area contributed by atoms with Gasteiger partial charge >= 0.3 is 0 Å². The van der Waals surface area contributed by atoms with Crippen LogP contribution in [-0.4, -0.2) is 5.11 Å². The van der Waals surface area contributed by atoms with Gasteiger partial charge in [0, 0.05) is 6.54 Å². The first-order valence-electron chi connectivity index (χ1n) is 5.54. The lowest BCUT2D eigenvalue weighted by Gasteiger charge is -2.10. The third-order valence-electron chi connectivity index (χ3n) is 2.69. The zero-order chi connectivity index (χ0) is 13.1. The fourth-order valence-corrected chi connectivity index (χ4v) is 1.62. The number of halogens is 2. The van der Waals surface area contributed by atoms with E-state index in [9.17, 15) is 8.78 Å². The largest absolute Gasteiger partial charge is 0.508 e. The van der Waals surface area contributed by atoms with Crippen molar-refractivity contribution in [2.75, 3.05) is 5.32 Å². The van der Waals surface area contributed by atoms with Crippen molar-refractivity contribution in [2.24, 2.45) is 0 Å². The number of phenolic OH excluding ortho intramolecular Hbond substituents is 1. The van der Waals surface area contributed by atoms with Gasteiger partial charge in [-0.3, -0.25) is 0 Å². The quantitative estimate of drug-likeness (QED) is 0.871. The smallest absolute Gasteiger partial charge is 0.152 e. The number of aromatic hydroxyl groups is 1. The summed E-state index contributed by atoms with van der Waals surface area (Å²) < 4.78 is 27.1. The Balaban J connectivity index is 2.15. The average Bonchev–Trinajstić information content (AvgIpc) is 2.36. The lowest BCUT2D eigenvalue weighted by atomic mass is 10.1. The molecule has 0 spiro atoms. The summed E-state index contributed by atoms with van der Waals surface area (Å²) in [6, 6.07) is 9.07. The van der Waals surface area contributed by atoms with Crippen molar-refractivity contribution in [2.45, 2.75) is 13.5 Å². The van der Waals surface area contributed by atoms with Crippen molar-refractivity contribution >= 4 is 5.69 Å². The number of aryl methyl sites for hydroxylation is 1. The Morgan fingerprint density at radius 1 is 1.06 bits per heavy atom. The molecule has 0 amide bonds. The van der Waals surface area contributed by atoms with Gasteiger partial charge in [-0.05, 0) is 36.2 Å². The van der Waals surface area contributed by atoms with E-state index in [4.69, 9.17) is 5.11 Å². The van der Waals surface area contributed by atoms with E-state index in [1.54, 1.807) is 19.1 Å². The first-order valence-corrected chi connectivity index (χ1v) is 5.54. The second-order valence-electron chi connectivity index (χ2n) is 4.07. The van der Waals surface area contributed by atoms with E-state index < -0.39 is 11.6 Å². The zero-order valence-corrected chi connectivity index (χ0v) is 9.87. The van der Waals surface area contributed by atoms with Gasteiger partial charge in [-0.25, -0.2) is 8.78 Å². The molecule has 2 aromatic rings. The number of hydrogen-bond acceptors (Lipinski definition) is 2. The van der Waals surface area contributed by atoms with Gasteiger partial charge in [0.15, 0.2) is 5.82 Å². The summed E-state index contributed by atoms with van der Waals surface area (Å²) in [4.78, 5) is 0. The second-order valence-corrected chi connectivity index (χ2v) is 4.07. The molecule has 0 bridgehead atoms. The molecule has 0 atom stereocenters. The van der Waals surface area contributed by atoms with E-state index in [1.807, 2.05) is 0 Å². The fourth-order valence-electron chi connectivity index (χ4n) is 1.62. The van der Waals surface area contributed by atoms with E-state index >= 15 is 0 Å². The molecule has 0 aromatic heterocycles. The Morgan fingerprint density at radius 3 is 2.39 bits per heavy atom. The molecule has 94 valence electrons. The SMILES string of the molecule is Cc1ccc(F)c(NCc2ccc(O)cc2)c1F. The van der Waals surface area contributed by atoms with Gasteiger partial charge < -0.3 is 10.4 Å². The summed E-state index contributed by atoms with van der Waals surface area (Å²) in [5.74, 6) is -1.03. The maximum Gasteiger partial charge on any atom is 0.152 e. The van der Waals surface area contributed by atoms with Gasteiger partial charge in [0.1, 0.15) is 17.3 Å². The Morgan fingerprint density at radius 2 is 1.72 bits per heavy atom. The summed E-state index contributed by atoms with van der Waals surface area (Å²) in [5, 5.41) is 11.9. The summed E-state index contributed by atoms with van der Waals surface area (Å²) in [6.45, 7) is 1.87. The van der Waals surface area contributed by atoms with Crippen molar-refractivity contribution in [1.29, 1.82) is 0 Å². The highest BCUT2D eigenvalue weighted by atomic mass is 19.1. The molecule has 0 radical (unpaired) electrons. The van der Waals surface area contributed by atoms with Crippen LogP contribution in [0.25, 0.3) is 0 Å². The molecule has 2 N–H and O–H groups in total. The van der Waals surface area contributed by atoms with Crippen molar-refractivity contribution in [3.05, 3.63) is 59.2 Å². The summed E-state index contributed by atoms with van der Waals surface area (Å²) in [6.07, 6.45) is 0. The minimum absolute atomic E-state index is 0.122. The Hall–Kier alpha value is -2.10. The highest BCUT2D eigenvalue weighted by Gasteiger charge is 2.10. The maximum atomic E-state index is 13.7. The molecule has 0 unspecified atom stereocenters. The highest BCUT2D eigenvalue weighted by Crippen LogP contribution is 2.22. The van der Waals surface area contributed by atoms with Crippen LogP contribution in [0.5, 0.6) is 5.75 Å². The van der Waals surface area contributed by atoms with Crippen LogP contribution in [0, 0.1) is 18.6 Å². The predicted molar refractivity (Wildman–Crippen MR) is 66.5 cm³/mol. The van der Waals surface area contributed by atoms with Gasteiger partial charge in [-0.15, -0.1) is 0 Å². The Kier molecular flexibility index (Phi) is 3.46. The van der Waals surface area contributed by atoms with Crippen molar-refractivity contribution in [3.8, 4) is 5.75 Å². The fraction of sp³-hybridized carbons (Fsp3) is 0.143. The van der Waals surface area contributed by atoms with Crippen LogP contribution in [0.4, 0.5) is 14.5 Å². The first kappa shape index (κ1) is 12.4. The van der Waals surface area contributed by atoms with Gasteiger partial charge in [-0.1, -0.05) is 18.2 Å². The molecule has 0 fully saturated rings. The molecular weight excluding hydrogens is 236 g/mol. The topological polar surface area (TPSA) is 32.3 Å². The van der Waals surface area contributed by atoms with Gasteiger partial charge in [0.05, 0.1) is 0 Å². The third-order valence-corrected chi connectivity index (χ3v) is 2.69. The molecule has 0 saturated heterocycles. The lowest BCUT2D eigenvalue weighted by Crippen LogP contribution is -2.04. The summed E-state index contributed by atoms with van der Waals surface area (Å²) >= 11 is 0. The van der Waals surface area contributed by atoms with Gasteiger partial charge in [0.25, 0.3) is 0 Å². The molecule has 2 aromatic carbocycles. The van der Waals surface area contributed by atoms with Crippen LogP contribution < -0.4 is 5.32 Å². The van der Waals surface area contributed by atoms with Crippen LogP contribution in [0.15, 0.2) is 36.4 Å². The average molecular weight is 249 g/mol. The predicted octanol–water partition coefficient (Wildman–Crippen LogP) is 3.59. The van der Waals surface area contributed by atoms with Gasteiger partial charge in [-0.2, -0.15) is 0 Å². The molecule has 0 aliphatic carbocycles. The summed E-state index contributed by atoms with van der Waals surface area (Å²) in [7, 11) is 0. The van der Waals surface area contributed by atoms with Crippen LogP contribution in [0.2, 0.25) is 0 Å². The molecule has 0 saturated carbocycles. The number of nitrogens with one attached hydrogen (secondary N) is 1. The molecule has 0 aliphatic heterocycles. The zero-order valence-electron chi connectivity index (χ0n) is 9.87. The number of rotatable bonds is 3. The van der Waals surface area contributed by atoms with Crippen LogP contribution in [0.1, 0.15) is 11.1 Å². The van der Waals surface area contributed by atoms with Crippen molar-refractivity contribution in [3.63, 3.8) is 0 Å². The third kappa shape index (κ3) is 2.59. The molecule has 2 nitrogen and oxygen atoms in total. The number of phenols is 1. The van der Waals surface area contributed by atoms with Crippen molar-refractivity contribution in [1.82, 2.24) is 0 Å². The minimum atomic E-state index is -0.614. The standard InChI is InChI=1S/C14H13F2NO/c1-9-2-7-12(15)14(13(9)16)17-8-10-3-5-11(18)6-4-10/h2-7,17-18H,8H2,1H3. The van der Waals surface area contributed by atoms with E-state index in [-0.39, 0.29) is 18.0 Å². The van der Waals surface area contributed by atoms with Crippen LogP contribution >= 0.6 is 0 Å². The minimum Gasteiger partial charge on any atom is -0.508 e. The number of anilines is 1. The summed E-state index contributed by atoms with van der Waals surface area (Å²) in [5.41, 5.74) is 1.10. The second kappa shape index (κ2) is 5.04. The van der Waals surface area contributed by atoms with E-state index in [1.165, 1.54) is 24.3 Å². The van der Waals surface area contributed by atoms with E-state index in [2.05, 4.69) is 5.32 Å². The normalized spacial score (nSPS) is 10.4. The van der Waals surface area contributed by atoms with Crippen LogP contribution in [0.3, 0.4) is 0 Å². The lowest BCUT2D eigenvalue weighted by molar-refractivity contribution is 0.475. The van der Waals surface area contributed by atoms with Gasteiger partial charge in [0.2, 0.25) is 0 Å². The Labute approximate surface area is 104 Å². The molecule has 0 heterocycles. The Bertz CT molecular complexity index is 552. The molecule has 18 heavy (non-hydrogen) atoms. The number of benzene rings is 2. The van der Waals surface area contributed by atoms with E-state index in [0.717, 1.165) is 5.56 Å². The monoisotopic (exact) mass is 249 g/mol. The van der Waals surface area contributed by atoms with Crippen molar-refractivity contribution < 1.29 is 13.9 Å². The molecule has 2 rings (SSSR count). The number of hydrogen-bond donors (Lipinski definition) is 2. The highest BCUT2D eigenvalue weighted by molar-refractivity contribution is 5.49.